The zero-order valence-electron chi connectivity index (χ0n) is 14.4. The van der Waals surface area contributed by atoms with Crippen LogP contribution < -0.4 is 0 Å². The van der Waals surface area contributed by atoms with Gasteiger partial charge in [0, 0.05) is 51.7 Å². The zero-order valence-corrected chi connectivity index (χ0v) is 18.4. The molecule has 0 N–H and O–H groups in total. The van der Waals surface area contributed by atoms with Crippen molar-refractivity contribution in [3.05, 3.63) is 28.7 Å². The molecule has 2 saturated heterocycles. The van der Waals surface area contributed by atoms with E-state index in [-0.39, 0.29) is 16.7 Å². The SMILES string of the molecule is O=C1CCN(CC2SCCS2)C(=O)N1CC1(Sc2ccc(Br)cc2)CC1. The number of nitrogens with zero attached hydrogens (tertiary/aromatic N) is 2. The molecule has 3 aliphatic rings. The monoisotopic (exact) mass is 472 g/mol. The van der Waals surface area contributed by atoms with Gasteiger partial charge in [-0.05, 0) is 37.1 Å². The minimum Gasteiger partial charge on any atom is -0.322 e. The first-order valence-electron chi connectivity index (χ1n) is 8.82. The van der Waals surface area contributed by atoms with Gasteiger partial charge in [0.05, 0.1) is 4.58 Å². The number of thioether (sulfide) groups is 3. The molecule has 3 amide bonds. The van der Waals surface area contributed by atoms with Crippen molar-refractivity contribution in [2.45, 2.75) is 33.5 Å². The number of urea groups is 1. The molecule has 1 aromatic rings. The first kappa shape index (κ1) is 19.0. The Balaban J connectivity index is 1.41. The van der Waals surface area contributed by atoms with Crippen LogP contribution in [0.15, 0.2) is 33.6 Å². The molecule has 1 saturated carbocycles. The summed E-state index contributed by atoms with van der Waals surface area (Å²) in [6, 6.07) is 8.17. The van der Waals surface area contributed by atoms with E-state index in [9.17, 15) is 9.59 Å². The summed E-state index contributed by atoms with van der Waals surface area (Å²) >= 11 is 9.12. The number of carbonyl (C=O) groups is 2. The van der Waals surface area contributed by atoms with Crippen LogP contribution in [-0.4, -0.2) is 62.2 Å². The summed E-state index contributed by atoms with van der Waals surface area (Å²) in [5, 5.41) is 0. The molecule has 4 rings (SSSR count). The topological polar surface area (TPSA) is 40.6 Å². The van der Waals surface area contributed by atoms with Gasteiger partial charge >= 0.3 is 6.03 Å². The van der Waals surface area contributed by atoms with E-state index in [0.29, 0.717) is 24.1 Å². The molecule has 1 aliphatic carbocycles. The largest absolute Gasteiger partial charge is 0.326 e. The fraction of sp³-hybridized carbons (Fsp3) is 0.556. The van der Waals surface area contributed by atoms with Crippen molar-refractivity contribution in [1.29, 1.82) is 0 Å². The van der Waals surface area contributed by atoms with Gasteiger partial charge in [-0.2, -0.15) is 0 Å². The third-order valence-corrected chi connectivity index (χ3v) is 9.86. The molecule has 0 unspecified atom stereocenters. The van der Waals surface area contributed by atoms with Crippen LogP contribution in [0.3, 0.4) is 0 Å². The van der Waals surface area contributed by atoms with Gasteiger partial charge in [-0.25, -0.2) is 4.79 Å². The maximum atomic E-state index is 12.9. The number of benzene rings is 1. The molecule has 2 aliphatic heterocycles. The molecule has 0 aromatic heterocycles. The zero-order chi connectivity index (χ0) is 18.1. The summed E-state index contributed by atoms with van der Waals surface area (Å²) in [5.74, 6) is 2.31. The minimum atomic E-state index is -0.0861. The first-order chi connectivity index (χ1) is 12.5. The highest BCUT2D eigenvalue weighted by atomic mass is 79.9. The summed E-state index contributed by atoms with van der Waals surface area (Å²) in [7, 11) is 0. The molecule has 0 bridgehead atoms. The van der Waals surface area contributed by atoms with Crippen LogP contribution in [0.25, 0.3) is 0 Å². The smallest absolute Gasteiger partial charge is 0.322 e. The van der Waals surface area contributed by atoms with Gasteiger partial charge in [-0.15, -0.1) is 35.3 Å². The van der Waals surface area contributed by atoms with Crippen molar-refractivity contribution in [3.63, 3.8) is 0 Å². The highest BCUT2D eigenvalue weighted by Crippen LogP contribution is 2.52. The van der Waals surface area contributed by atoms with Crippen molar-refractivity contribution in [2.75, 3.05) is 31.1 Å². The van der Waals surface area contributed by atoms with E-state index in [0.717, 1.165) is 35.4 Å². The van der Waals surface area contributed by atoms with E-state index >= 15 is 0 Å². The second-order valence-electron chi connectivity index (χ2n) is 6.87. The van der Waals surface area contributed by atoms with Crippen LogP contribution in [-0.2, 0) is 4.79 Å². The van der Waals surface area contributed by atoms with Crippen LogP contribution in [0.5, 0.6) is 0 Å². The Morgan fingerprint density at radius 2 is 1.85 bits per heavy atom. The van der Waals surface area contributed by atoms with Crippen molar-refractivity contribution < 1.29 is 9.59 Å². The van der Waals surface area contributed by atoms with Crippen LogP contribution in [0, 0.1) is 0 Å². The molecule has 0 atom stereocenters. The van der Waals surface area contributed by atoms with Crippen molar-refractivity contribution in [1.82, 2.24) is 9.80 Å². The van der Waals surface area contributed by atoms with E-state index in [1.807, 2.05) is 40.6 Å². The number of imide groups is 1. The lowest BCUT2D eigenvalue weighted by Gasteiger charge is -2.36. The number of hydrogen-bond acceptors (Lipinski definition) is 5. The Kier molecular flexibility index (Phi) is 5.83. The van der Waals surface area contributed by atoms with E-state index in [4.69, 9.17) is 0 Å². The van der Waals surface area contributed by atoms with Gasteiger partial charge in [0.25, 0.3) is 0 Å². The fourth-order valence-electron chi connectivity index (χ4n) is 3.23. The quantitative estimate of drug-likeness (QED) is 0.607. The molecule has 1 aromatic carbocycles. The number of hydrogen-bond donors (Lipinski definition) is 0. The van der Waals surface area contributed by atoms with Crippen LogP contribution >= 0.6 is 51.2 Å². The lowest BCUT2D eigenvalue weighted by Crippen LogP contribution is -2.55. The lowest BCUT2D eigenvalue weighted by atomic mass is 10.2. The summed E-state index contributed by atoms with van der Waals surface area (Å²) < 4.78 is 1.52. The van der Waals surface area contributed by atoms with Gasteiger partial charge < -0.3 is 4.90 Å². The molecular formula is C18H21BrN2O2S3. The van der Waals surface area contributed by atoms with Crippen molar-refractivity contribution >= 4 is 63.2 Å². The minimum absolute atomic E-state index is 0.000974. The molecule has 0 radical (unpaired) electrons. The lowest BCUT2D eigenvalue weighted by molar-refractivity contribution is -0.131. The van der Waals surface area contributed by atoms with E-state index < -0.39 is 0 Å². The summed E-state index contributed by atoms with van der Waals surface area (Å²) in [6.45, 7) is 1.86. The standard InChI is InChI=1S/C18H21BrN2O2S3/c19-13-1-3-14(4-2-13)26-18(6-7-18)12-21-15(22)5-8-20(17(21)23)11-16-24-9-10-25-16/h1-4,16H,5-12H2. The highest BCUT2D eigenvalue weighted by Gasteiger charge is 2.48. The molecule has 4 nitrogen and oxygen atoms in total. The van der Waals surface area contributed by atoms with Crippen LogP contribution in [0.4, 0.5) is 4.79 Å². The second-order valence-corrected chi connectivity index (χ2v) is 12.2. The van der Waals surface area contributed by atoms with Crippen LogP contribution in [0.1, 0.15) is 19.3 Å². The predicted molar refractivity (Wildman–Crippen MR) is 114 cm³/mol. The van der Waals surface area contributed by atoms with E-state index in [2.05, 4.69) is 28.1 Å². The van der Waals surface area contributed by atoms with Gasteiger partial charge in [0.2, 0.25) is 5.91 Å². The first-order valence-corrected chi connectivity index (χ1v) is 12.5. The van der Waals surface area contributed by atoms with Gasteiger partial charge in [0.1, 0.15) is 0 Å². The summed E-state index contributed by atoms with van der Waals surface area (Å²) in [4.78, 5) is 30.0. The second kappa shape index (κ2) is 7.97. The average Bonchev–Trinajstić information content (AvgIpc) is 3.18. The predicted octanol–water partition coefficient (Wildman–Crippen LogP) is 4.53. The Morgan fingerprint density at radius 1 is 1.15 bits per heavy atom. The number of rotatable bonds is 6. The van der Waals surface area contributed by atoms with Crippen molar-refractivity contribution in [3.8, 4) is 0 Å². The normalized spacial score (nSPS) is 23.0. The van der Waals surface area contributed by atoms with E-state index in [1.54, 1.807) is 11.8 Å². The van der Waals surface area contributed by atoms with Crippen molar-refractivity contribution in [2.24, 2.45) is 0 Å². The molecule has 8 heteroatoms. The Bertz CT molecular complexity index is 690. The Morgan fingerprint density at radius 3 is 2.50 bits per heavy atom. The summed E-state index contributed by atoms with van der Waals surface area (Å²) in [5.41, 5.74) is 0. The number of amides is 3. The van der Waals surface area contributed by atoms with Gasteiger partial charge in [-0.1, -0.05) is 15.9 Å². The number of halogens is 1. The fourth-order valence-corrected chi connectivity index (χ4v) is 7.59. The molecule has 0 spiro atoms. The number of carbonyl (C=O) groups excluding carboxylic acids is 2. The molecule has 3 fully saturated rings. The molecular weight excluding hydrogens is 452 g/mol. The third-order valence-electron chi connectivity index (χ3n) is 4.86. The molecule has 140 valence electrons. The van der Waals surface area contributed by atoms with Crippen LogP contribution in [0.2, 0.25) is 0 Å². The Labute approximate surface area is 175 Å². The highest BCUT2D eigenvalue weighted by molar-refractivity contribution is 9.10. The maximum Gasteiger partial charge on any atom is 0.326 e. The maximum absolute atomic E-state index is 12.9. The third kappa shape index (κ3) is 4.39. The van der Waals surface area contributed by atoms with E-state index in [1.165, 1.54) is 9.80 Å². The average molecular weight is 473 g/mol. The van der Waals surface area contributed by atoms with Gasteiger partial charge in [-0.3, -0.25) is 9.69 Å². The summed E-state index contributed by atoms with van der Waals surface area (Å²) in [6.07, 6.45) is 2.56. The molecule has 26 heavy (non-hydrogen) atoms. The van der Waals surface area contributed by atoms with Gasteiger partial charge in [0.15, 0.2) is 0 Å². The Hall–Kier alpha value is -0.310. The molecule has 2 heterocycles.